The topological polar surface area (TPSA) is 92.3 Å². The standard InChI is InChI=1S/C17H19ClN4O3S2/c1-26-15-5-4-13(11-20-15)21-17(23)12-6-9-22(10-7-12)27(24,25)14-3-2-8-19-16(14)18/h2-5,8,11-12H,6-7,9-10H2,1H3,(H,21,23). The summed E-state index contributed by atoms with van der Waals surface area (Å²) in [5.74, 6) is -0.369. The van der Waals surface area contributed by atoms with Gasteiger partial charge in [0.05, 0.1) is 16.9 Å². The van der Waals surface area contributed by atoms with Gasteiger partial charge in [0.25, 0.3) is 0 Å². The van der Waals surface area contributed by atoms with E-state index in [4.69, 9.17) is 11.6 Å². The van der Waals surface area contributed by atoms with Gasteiger partial charge in [0.2, 0.25) is 15.9 Å². The van der Waals surface area contributed by atoms with E-state index in [-0.39, 0.29) is 35.0 Å². The Bertz CT molecular complexity index is 914. The number of amides is 1. The van der Waals surface area contributed by atoms with Gasteiger partial charge in [-0.15, -0.1) is 11.8 Å². The Kier molecular flexibility index (Phi) is 6.36. The zero-order chi connectivity index (χ0) is 19.4. The molecule has 0 spiro atoms. The fraction of sp³-hybridized carbons (Fsp3) is 0.353. The second kappa shape index (κ2) is 8.55. The molecular formula is C17H19ClN4O3S2. The van der Waals surface area contributed by atoms with Gasteiger partial charge in [0, 0.05) is 25.2 Å². The van der Waals surface area contributed by atoms with Crippen molar-refractivity contribution in [2.24, 2.45) is 5.92 Å². The molecule has 0 atom stereocenters. The van der Waals surface area contributed by atoms with Crippen LogP contribution in [0.15, 0.2) is 46.6 Å². The molecule has 0 radical (unpaired) electrons. The smallest absolute Gasteiger partial charge is 0.246 e. The van der Waals surface area contributed by atoms with E-state index in [1.165, 1.54) is 34.4 Å². The van der Waals surface area contributed by atoms with Crippen molar-refractivity contribution in [2.75, 3.05) is 24.7 Å². The summed E-state index contributed by atoms with van der Waals surface area (Å²) in [7, 11) is -3.71. The van der Waals surface area contributed by atoms with Crippen LogP contribution in [0.4, 0.5) is 5.69 Å². The number of piperidine rings is 1. The summed E-state index contributed by atoms with van der Waals surface area (Å²) in [5.41, 5.74) is 0.634. The maximum absolute atomic E-state index is 12.7. The Morgan fingerprint density at radius 1 is 1.26 bits per heavy atom. The number of rotatable bonds is 5. The number of anilines is 1. The molecule has 3 rings (SSSR count). The van der Waals surface area contributed by atoms with Gasteiger partial charge in [-0.1, -0.05) is 11.6 Å². The van der Waals surface area contributed by atoms with Crippen LogP contribution >= 0.6 is 23.4 Å². The number of halogens is 1. The second-order valence-electron chi connectivity index (χ2n) is 6.05. The lowest BCUT2D eigenvalue weighted by Gasteiger charge is -2.30. The molecule has 3 heterocycles. The Morgan fingerprint density at radius 2 is 2.00 bits per heavy atom. The molecule has 27 heavy (non-hydrogen) atoms. The molecule has 1 saturated heterocycles. The fourth-order valence-corrected chi connectivity index (χ4v) is 5.14. The Morgan fingerprint density at radius 3 is 2.59 bits per heavy atom. The fourth-order valence-electron chi connectivity index (χ4n) is 2.88. The molecule has 1 amide bonds. The first kappa shape index (κ1) is 20.1. The van der Waals surface area contributed by atoms with Crippen molar-refractivity contribution >= 4 is 45.0 Å². The number of thioether (sulfide) groups is 1. The second-order valence-corrected chi connectivity index (χ2v) is 9.14. The van der Waals surface area contributed by atoms with E-state index < -0.39 is 10.0 Å². The number of nitrogens with zero attached hydrogens (tertiary/aromatic N) is 3. The van der Waals surface area contributed by atoms with E-state index in [1.807, 2.05) is 12.3 Å². The lowest BCUT2D eigenvalue weighted by atomic mass is 9.97. The van der Waals surface area contributed by atoms with Crippen LogP contribution < -0.4 is 5.32 Å². The minimum Gasteiger partial charge on any atom is -0.324 e. The van der Waals surface area contributed by atoms with Gasteiger partial charge < -0.3 is 5.32 Å². The first-order valence-corrected chi connectivity index (χ1v) is 11.4. The van der Waals surface area contributed by atoms with Crippen molar-refractivity contribution in [3.8, 4) is 0 Å². The van der Waals surface area contributed by atoms with Crippen molar-refractivity contribution in [1.82, 2.24) is 14.3 Å². The van der Waals surface area contributed by atoms with E-state index in [0.717, 1.165) is 5.03 Å². The number of sulfonamides is 1. The summed E-state index contributed by atoms with van der Waals surface area (Å²) in [6.45, 7) is 0.518. The zero-order valence-electron chi connectivity index (χ0n) is 14.6. The van der Waals surface area contributed by atoms with Crippen LogP contribution in [0.3, 0.4) is 0 Å². The number of aromatic nitrogens is 2. The lowest BCUT2D eigenvalue weighted by molar-refractivity contribution is -0.120. The highest BCUT2D eigenvalue weighted by atomic mass is 35.5. The molecule has 1 aliphatic rings. The highest BCUT2D eigenvalue weighted by Gasteiger charge is 2.33. The van der Waals surface area contributed by atoms with E-state index in [0.29, 0.717) is 18.5 Å². The normalized spacial score (nSPS) is 16.2. The van der Waals surface area contributed by atoms with Crippen LogP contribution in [0.1, 0.15) is 12.8 Å². The predicted octanol–water partition coefficient (Wildman–Crippen LogP) is 2.89. The molecule has 1 aliphatic heterocycles. The SMILES string of the molecule is CSc1ccc(NC(=O)C2CCN(S(=O)(=O)c3cccnc3Cl)CC2)cn1. The van der Waals surface area contributed by atoms with Crippen LogP contribution in [-0.2, 0) is 14.8 Å². The maximum Gasteiger partial charge on any atom is 0.246 e. The first-order valence-electron chi connectivity index (χ1n) is 8.33. The minimum atomic E-state index is -3.71. The molecule has 10 heteroatoms. The number of carbonyl (C=O) groups excluding carboxylic acids is 1. The third-order valence-corrected chi connectivity index (χ3v) is 7.38. The van der Waals surface area contributed by atoms with Crippen LogP contribution in [0.2, 0.25) is 5.15 Å². The van der Waals surface area contributed by atoms with Gasteiger partial charge >= 0.3 is 0 Å². The van der Waals surface area contributed by atoms with Gasteiger partial charge in [-0.05, 0) is 43.4 Å². The van der Waals surface area contributed by atoms with Gasteiger partial charge in [-0.25, -0.2) is 18.4 Å². The number of pyridine rings is 2. The number of hydrogen-bond acceptors (Lipinski definition) is 6. The van der Waals surface area contributed by atoms with Gasteiger partial charge in [0.1, 0.15) is 10.0 Å². The van der Waals surface area contributed by atoms with Crippen molar-refractivity contribution in [1.29, 1.82) is 0 Å². The van der Waals surface area contributed by atoms with Crippen molar-refractivity contribution in [3.63, 3.8) is 0 Å². The van der Waals surface area contributed by atoms with Gasteiger partial charge in [-0.2, -0.15) is 4.31 Å². The molecule has 0 aliphatic carbocycles. The molecule has 1 N–H and O–H groups in total. The molecule has 0 bridgehead atoms. The van der Waals surface area contributed by atoms with Crippen LogP contribution in [0.5, 0.6) is 0 Å². The van der Waals surface area contributed by atoms with E-state index >= 15 is 0 Å². The summed E-state index contributed by atoms with van der Waals surface area (Å²) in [6, 6.07) is 6.62. The number of nitrogens with one attached hydrogen (secondary N) is 1. The lowest BCUT2D eigenvalue weighted by Crippen LogP contribution is -2.41. The van der Waals surface area contributed by atoms with Gasteiger partial charge in [0.15, 0.2) is 0 Å². The van der Waals surface area contributed by atoms with Crippen LogP contribution in [0, 0.1) is 5.92 Å². The quantitative estimate of drug-likeness (QED) is 0.583. The average molecular weight is 427 g/mol. The van der Waals surface area contributed by atoms with E-state index in [1.54, 1.807) is 12.3 Å². The third kappa shape index (κ3) is 4.60. The number of carbonyl (C=O) groups is 1. The molecular weight excluding hydrogens is 408 g/mol. The predicted molar refractivity (Wildman–Crippen MR) is 105 cm³/mol. The molecule has 0 saturated carbocycles. The minimum absolute atomic E-state index is 0.00507. The zero-order valence-corrected chi connectivity index (χ0v) is 17.0. The molecule has 2 aromatic heterocycles. The van der Waals surface area contributed by atoms with Crippen LogP contribution in [0.25, 0.3) is 0 Å². The maximum atomic E-state index is 12.7. The average Bonchev–Trinajstić information content (AvgIpc) is 2.69. The molecule has 0 aromatic carbocycles. The van der Waals surface area contributed by atoms with Crippen molar-refractivity contribution < 1.29 is 13.2 Å². The molecule has 144 valence electrons. The van der Waals surface area contributed by atoms with Gasteiger partial charge in [-0.3, -0.25) is 4.79 Å². The summed E-state index contributed by atoms with van der Waals surface area (Å²) >= 11 is 7.46. The summed E-state index contributed by atoms with van der Waals surface area (Å²) in [4.78, 5) is 20.5. The Balaban J connectivity index is 1.61. The molecule has 2 aromatic rings. The molecule has 7 nitrogen and oxygen atoms in total. The highest BCUT2D eigenvalue weighted by Crippen LogP contribution is 2.27. The Hall–Kier alpha value is -1.68. The molecule has 1 fully saturated rings. The summed E-state index contributed by atoms with van der Waals surface area (Å²) < 4.78 is 26.8. The third-order valence-electron chi connectivity index (χ3n) is 4.38. The molecule has 0 unspecified atom stereocenters. The van der Waals surface area contributed by atoms with Crippen molar-refractivity contribution in [3.05, 3.63) is 41.8 Å². The largest absolute Gasteiger partial charge is 0.324 e. The monoisotopic (exact) mass is 426 g/mol. The Labute approximate surface area is 167 Å². The van der Waals surface area contributed by atoms with Crippen molar-refractivity contribution in [2.45, 2.75) is 22.8 Å². The summed E-state index contributed by atoms with van der Waals surface area (Å²) in [6.07, 6.45) is 5.88. The first-order chi connectivity index (χ1) is 12.9. The highest BCUT2D eigenvalue weighted by molar-refractivity contribution is 7.98. The summed E-state index contributed by atoms with van der Waals surface area (Å²) in [5, 5.41) is 3.68. The number of hydrogen-bond donors (Lipinski definition) is 1. The van der Waals surface area contributed by atoms with E-state index in [2.05, 4.69) is 15.3 Å². The van der Waals surface area contributed by atoms with Crippen LogP contribution in [-0.4, -0.2) is 47.9 Å². The van der Waals surface area contributed by atoms with E-state index in [9.17, 15) is 13.2 Å².